The minimum Gasteiger partial charge on any atom is -0.393 e. The summed E-state index contributed by atoms with van der Waals surface area (Å²) in [5.74, 6) is -0.193. The smallest absolute Gasteiger partial charge is 0.271 e. The standard InChI is InChI=1S/C18H25N3O2/c1-13-10-16(20-21(13)15-8-6-5-7-9-15)17(23)19-12-18(3,4)11-14(2)22/h5-10,14,22H,11-12H2,1-4H3,(H,19,23). The van der Waals surface area contributed by atoms with E-state index in [-0.39, 0.29) is 17.4 Å². The largest absolute Gasteiger partial charge is 0.393 e. The molecule has 0 spiro atoms. The summed E-state index contributed by atoms with van der Waals surface area (Å²) in [6, 6.07) is 11.5. The Bertz CT molecular complexity index is 660. The number of amides is 1. The molecule has 0 saturated carbocycles. The molecule has 0 saturated heterocycles. The molecule has 5 heteroatoms. The fourth-order valence-electron chi connectivity index (χ4n) is 2.70. The molecule has 2 aromatic rings. The van der Waals surface area contributed by atoms with E-state index in [1.54, 1.807) is 17.7 Å². The predicted octanol–water partition coefficient (Wildman–Crippen LogP) is 2.71. The summed E-state index contributed by atoms with van der Waals surface area (Å²) >= 11 is 0. The SMILES string of the molecule is Cc1cc(C(=O)NCC(C)(C)CC(C)O)nn1-c1ccccc1. The highest BCUT2D eigenvalue weighted by Crippen LogP contribution is 2.21. The first-order chi connectivity index (χ1) is 10.8. The Morgan fingerprint density at radius 3 is 2.61 bits per heavy atom. The van der Waals surface area contributed by atoms with E-state index in [0.29, 0.717) is 18.7 Å². The van der Waals surface area contributed by atoms with E-state index in [1.807, 2.05) is 51.1 Å². The number of rotatable bonds is 6. The van der Waals surface area contributed by atoms with Gasteiger partial charge in [-0.15, -0.1) is 0 Å². The van der Waals surface area contributed by atoms with E-state index in [9.17, 15) is 9.90 Å². The molecule has 124 valence electrons. The van der Waals surface area contributed by atoms with Gasteiger partial charge in [0.2, 0.25) is 0 Å². The lowest BCUT2D eigenvalue weighted by Gasteiger charge is -2.26. The first kappa shape index (κ1) is 17.2. The third-order valence-electron chi connectivity index (χ3n) is 3.70. The Morgan fingerprint density at radius 2 is 2.00 bits per heavy atom. The Morgan fingerprint density at radius 1 is 1.35 bits per heavy atom. The maximum absolute atomic E-state index is 12.3. The van der Waals surface area contributed by atoms with Gasteiger partial charge in [0, 0.05) is 12.2 Å². The lowest BCUT2D eigenvalue weighted by Crippen LogP contribution is -2.35. The fraction of sp³-hybridized carbons (Fsp3) is 0.444. The summed E-state index contributed by atoms with van der Waals surface area (Å²) in [7, 11) is 0. The quantitative estimate of drug-likeness (QED) is 0.861. The normalized spacial score (nSPS) is 12.9. The molecule has 2 N–H and O–H groups in total. The first-order valence-corrected chi connectivity index (χ1v) is 7.87. The van der Waals surface area contributed by atoms with Crippen LogP contribution in [0.25, 0.3) is 5.69 Å². The highest BCUT2D eigenvalue weighted by atomic mass is 16.3. The number of carbonyl (C=O) groups excluding carboxylic acids is 1. The van der Waals surface area contributed by atoms with Crippen LogP contribution in [0.5, 0.6) is 0 Å². The molecule has 1 amide bonds. The number of para-hydroxylation sites is 1. The van der Waals surface area contributed by atoms with Gasteiger partial charge in [-0.1, -0.05) is 32.0 Å². The number of aryl methyl sites for hydroxylation is 1. The van der Waals surface area contributed by atoms with Crippen molar-refractivity contribution in [3.05, 3.63) is 47.8 Å². The number of aliphatic hydroxyl groups excluding tert-OH is 1. The van der Waals surface area contributed by atoms with Crippen molar-refractivity contribution in [3.8, 4) is 5.69 Å². The number of carbonyl (C=O) groups is 1. The van der Waals surface area contributed by atoms with Crippen molar-refractivity contribution in [2.45, 2.75) is 40.2 Å². The zero-order chi connectivity index (χ0) is 17.0. The molecule has 0 aliphatic rings. The van der Waals surface area contributed by atoms with Crippen LogP contribution in [0, 0.1) is 12.3 Å². The summed E-state index contributed by atoms with van der Waals surface area (Å²) in [5, 5.41) is 16.8. The molecule has 0 radical (unpaired) electrons. The minimum absolute atomic E-state index is 0.166. The average Bonchev–Trinajstić information content (AvgIpc) is 2.86. The summed E-state index contributed by atoms with van der Waals surface area (Å²) < 4.78 is 1.76. The number of hydrogen-bond acceptors (Lipinski definition) is 3. The maximum Gasteiger partial charge on any atom is 0.271 e. The highest BCUT2D eigenvalue weighted by molar-refractivity contribution is 5.92. The van der Waals surface area contributed by atoms with Gasteiger partial charge >= 0.3 is 0 Å². The number of hydrogen-bond donors (Lipinski definition) is 2. The van der Waals surface area contributed by atoms with Gasteiger partial charge in [0.15, 0.2) is 5.69 Å². The molecule has 1 heterocycles. The third-order valence-corrected chi connectivity index (χ3v) is 3.70. The second kappa shape index (κ2) is 6.96. The number of nitrogens with one attached hydrogen (secondary N) is 1. The van der Waals surface area contributed by atoms with E-state index in [0.717, 1.165) is 11.4 Å². The molecule has 0 aliphatic carbocycles. The van der Waals surface area contributed by atoms with Crippen LogP contribution >= 0.6 is 0 Å². The Hall–Kier alpha value is -2.14. The molecule has 2 rings (SSSR count). The number of benzene rings is 1. The van der Waals surface area contributed by atoms with E-state index in [2.05, 4.69) is 10.4 Å². The van der Waals surface area contributed by atoms with Gasteiger partial charge in [-0.2, -0.15) is 5.10 Å². The molecule has 0 bridgehead atoms. The third kappa shape index (κ3) is 4.66. The summed E-state index contributed by atoms with van der Waals surface area (Å²) in [4.78, 5) is 12.3. The molecule has 0 aliphatic heterocycles. The van der Waals surface area contributed by atoms with Crippen molar-refractivity contribution in [2.75, 3.05) is 6.54 Å². The minimum atomic E-state index is -0.388. The van der Waals surface area contributed by atoms with Gasteiger partial charge < -0.3 is 10.4 Å². The number of nitrogens with zero attached hydrogens (tertiary/aromatic N) is 2. The van der Waals surface area contributed by atoms with E-state index < -0.39 is 0 Å². The van der Waals surface area contributed by atoms with Crippen molar-refractivity contribution in [2.24, 2.45) is 5.41 Å². The van der Waals surface area contributed by atoms with Gasteiger partial charge in [-0.05, 0) is 43.9 Å². The van der Waals surface area contributed by atoms with Crippen LogP contribution in [0.1, 0.15) is 43.4 Å². The summed E-state index contributed by atoms with van der Waals surface area (Å²) in [6.07, 6.45) is 0.242. The van der Waals surface area contributed by atoms with Crippen molar-refractivity contribution < 1.29 is 9.90 Å². The monoisotopic (exact) mass is 315 g/mol. The van der Waals surface area contributed by atoms with Crippen molar-refractivity contribution in [1.82, 2.24) is 15.1 Å². The van der Waals surface area contributed by atoms with E-state index >= 15 is 0 Å². The van der Waals surface area contributed by atoms with Gasteiger partial charge in [-0.25, -0.2) is 4.68 Å². The molecule has 1 unspecified atom stereocenters. The van der Waals surface area contributed by atoms with Crippen LogP contribution < -0.4 is 5.32 Å². The van der Waals surface area contributed by atoms with Crippen molar-refractivity contribution in [3.63, 3.8) is 0 Å². The topological polar surface area (TPSA) is 67.2 Å². The van der Waals surface area contributed by atoms with Crippen LogP contribution in [0.3, 0.4) is 0 Å². The Kier molecular flexibility index (Phi) is 5.21. The average molecular weight is 315 g/mol. The highest BCUT2D eigenvalue weighted by Gasteiger charge is 2.22. The van der Waals surface area contributed by atoms with Crippen LogP contribution in [0.15, 0.2) is 36.4 Å². The van der Waals surface area contributed by atoms with Crippen LogP contribution in [-0.2, 0) is 0 Å². The van der Waals surface area contributed by atoms with Gasteiger partial charge in [0.1, 0.15) is 0 Å². The first-order valence-electron chi connectivity index (χ1n) is 7.87. The van der Waals surface area contributed by atoms with Gasteiger partial charge in [0.25, 0.3) is 5.91 Å². The summed E-state index contributed by atoms with van der Waals surface area (Å²) in [6.45, 7) is 8.22. The zero-order valence-electron chi connectivity index (χ0n) is 14.2. The lowest BCUT2D eigenvalue weighted by atomic mass is 9.87. The van der Waals surface area contributed by atoms with E-state index in [1.165, 1.54) is 0 Å². The second-order valence-electron chi connectivity index (χ2n) is 6.82. The Labute approximate surface area is 137 Å². The molecular weight excluding hydrogens is 290 g/mol. The molecular formula is C18H25N3O2. The molecule has 1 aromatic carbocycles. The molecule has 0 fully saturated rings. The van der Waals surface area contributed by atoms with Crippen LogP contribution in [0.2, 0.25) is 0 Å². The van der Waals surface area contributed by atoms with E-state index in [4.69, 9.17) is 0 Å². The molecule has 1 aromatic heterocycles. The lowest BCUT2D eigenvalue weighted by molar-refractivity contribution is 0.0897. The molecule has 1 atom stereocenters. The van der Waals surface area contributed by atoms with Gasteiger partial charge in [-0.3, -0.25) is 4.79 Å². The predicted molar refractivity (Wildman–Crippen MR) is 90.7 cm³/mol. The number of aliphatic hydroxyl groups is 1. The maximum atomic E-state index is 12.3. The summed E-state index contributed by atoms with van der Waals surface area (Å²) in [5.41, 5.74) is 2.07. The van der Waals surface area contributed by atoms with Crippen molar-refractivity contribution in [1.29, 1.82) is 0 Å². The Balaban J connectivity index is 2.07. The number of aromatic nitrogens is 2. The molecule has 5 nitrogen and oxygen atoms in total. The van der Waals surface area contributed by atoms with Crippen molar-refractivity contribution >= 4 is 5.91 Å². The van der Waals surface area contributed by atoms with Crippen LogP contribution in [-0.4, -0.2) is 33.4 Å². The second-order valence-corrected chi connectivity index (χ2v) is 6.82. The molecule has 23 heavy (non-hydrogen) atoms. The fourth-order valence-corrected chi connectivity index (χ4v) is 2.70. The van der Waals surface area contributed by atoms with Crippen LogP contribution in [0.4, 0.5) is 0 Å². The van der Waals surface area contributed by atoms with Gasteiger partial charge in [0.05, 0.1) is 11.8 Å². The zero-order valence-corrected chi connectivity index (χ0v) is 14.2.